The molecule has 0 heterocycles. The standard InChI is InChI=1S/C14H16ClNO2/c1-9(2)10-6-11(13(15)12(7-10)18-3)14(4-5-14)16-8-17/h6-7,9H,4-5H2,1-3H3. The minimum atomic E-state index is -0.461. The largest absolute Gasteiger partial charge is 0.495 e. The average Bonchev–Trinajstić information content (AvgIpc) is 3.10. The van der Waals surface area contributed by atoms with Gasteiger partial charge in [0, 0.05) is 5.56 Å². The monoisotopic (exact) mass is 265 g/mol. The molecule has 0 bridgehead atoms. The van der Waals surface area contributed by atoms with E-state index in [-0.39, 0.29) is 0 Å². The first-order valence-electron chi connectivity index (χ1n) is 6.01. The first-order valence-corrected chi connectivity index (χ1v) is 6.39. The maximum atomic E-state index is 10.6. The molecule has 0 radical (unpaired) electrons. The van der Waals surface area contributed by atoms with Crippen LogP contribution in [0.15, 0.2) is 17.1 Å². The predicted molar refractivity (Wildman–Crippen MR) is 71.1 cm³/mol. The van der Waals surface area contributed by atoms with Crippen LogP contribution in [0.1, 0.15) is 43.7 Å². The molecule has 1 saturated carbocycles. The summed E-state index contributed by atoms with van der Waals surface area (Å²) in [4.78, 5) is 14.5. The van der Waals surface area contributed by atoms with Crippen LogP contribution in [0.4, 0.5) is 0 Å². The van der Waals surface area contributed by atoms with E-state index in [2.05, 4.69) is 18.8 Å². The topological polar surface area (TPSA) is 38.7 Å². The molecular formula is C14H16ClNO2. The van der Waals surface area contributed by atoms with Gasteiger partial charge in [-0.2, -0.15) is 4.99 Å². The number of halogens is 1. The Hall–Kier alpha value is -1.31. The van der Waals surface area contributed by atoms with Crippen LogP contribution in [0.25, 0.3) is 0 Å². The minimum absolute atomic E-state index is 0.367. The van der Waals surface area contributed by atoms with Gasteiger partial charge >= 0.3 is 0 Å². The van der Waals surface area contributed by atoms with Crippen molar-refractivity contribution in [3.63, 3.8) is 0 Å². The van der Waals surface area contributed by atoms with Gasteiger partial charge in [-0.05, 0) is 30.4 Å². The zero-order valence-electron chi connectivity index (χ0n) is 10.8. The molecule has 0 unspecified atom stereocenters. The molecule has 1 aliphatic rings. The molecule has 1 aromatic rings. The van der Waals surface area contributed by atoms with E-state index in [4.69, 9.17) is 16.3 Å². The fraction of sp³-hybridized carbons (Fsp3) is 0.500. The lowest BCUT2D eigenvalue weighted by Crippen LogP contribution is -2.06. The highest BCUT2D eigenvalue weighted by Gasteiger charge is 2.47. The van der Waals surface area contributed by atoms with Gasteiger partial charge in [0.2, 0.25) is 6.08 Å². The van der Waals surface area contributed by atoms with E-state index in [0.29, 0.717) is 16.7 Å². The molecule has 0 aliphatic heterocycles. The van der Waals surface area contributed by atoms with Crippen molar-refractivity contribution in [1.29, 1.82) is 0 Å². The third-order valence-electron chi connectivity index (χ3n) is 3.43. The molecule has 1 aromatic carbocycles. The maximum absolute atomic E-state index is 10.6. The summed E-state index contributed by atoms with van der Waals surface area (Å²) in [6, 6.07) is 3.97. The molecule has 2 rings (SSSR count). The van der Waals surface area contributed by atoms with E-state index in [9.17, 15) is 4.79 Å². The molecule has 0 spiro atoms. The zero-order chi connectivity index (χ0) is 13.3. The van der Waals surface area contributed by atoms with Gasteiger partial charge in [-0.25, -0.2) is 4.79 Å². The predicted octanol–water partition coefficient (Wildman–Crippen LogP) is 3.80. The van der Waals surface area contributed by atoms with Gasteiger partial charge in [-0.15, -0.1) is 0 Å². The lowest BCUT2D eigenvalue weighted by molar-refractivity contribution is 0.413. The van der Waals surface area contributed by atoms with Crippen LogP contribution in [0.3, 0.4) is 0 Å². The second-order valence-corrected chi connectivity index (χ2v) is 5.35. The Morgan fingerprint density at radius 3 is 2.56 bits per heavy atom. The summed E-state index contributed by atoms with van der Waals surface area (Å²) in [6.45, 7) is 4.21. The highest BCUT2D eigenvalue weighted by molar-refractivity contribution is 6.33. The molecule has 0 atom stereocenters. The summed E-state index contributed by atoms with van der Waals surface area (Å²) >= 11 is 6.33. The van der Waals surface area contributed by atoms with Crippen molar-refractivity contribution in [3.8, 4) is 5.75 Å². The number of isocyanates is 1. The number of rotatable bonds is 4. The summed E-state index contributed by atoms with van der Waals surface area (Å²) in [6.07, 6.45) is 3.34. The van der Waals surface area contributed by atoms with E-state index < -0.39 is 5.54 Å². The summed E-state index contributed by atoms with van der Waals surface area (Å²) in [5.41, 5.74) is 1.56. The van der Waals surface area contributed by atoms with E-state index in [0.717, 1.165) is 24.0 Å². The normalized spacial score (nSPS) is 16.3. The Balaban J connectivity index is 2.59. The lowest BCUT2D eigenvalue weighted by Gasteiger charge is -2.17. The second kappa shape index (κ2) is 4.75. The van der Waals surface area contributed by atoms with Crippen LogP contribution in [-0.4, -0.2) is 13.2 Å². The van der Waals surface area contributed by atoms with Crippen molar-refractivity contribution in [1.82, 2.24) is 0 Å². The summed E-state index contributed by atoms with van der Waals surface area (Å²) in [5.74, 6) is 1.01. The first kappa shape index (κ1) is 13.1. The molecule has 18 heavy (non-hydrogen) atoms. The van der Waals surface area contributed by atoms with E-state index in [1.54, 1.807) is 13.2 Å². The SMILES string of the molecule is COc1cc(C(C)C)cc(C2(N=C=O)CC2)c1Cl. The third kappa shape index (κ3) is 2.16. The molecule has 0 saturated heterocycles. The van der Waals surface area contributed by atoms with Crippen LogP contribution < -0.4 is 4.74 Å². The molecule has 0 aromatic heterocycles. The number of nitrogens with zero attached hydrogens (tertiary/aromatic N) is 1. The van der Waals surface area contributed by atoms with Crippen molar-refractivity contribution >= 4 is 17.7 Å². The number of carbonyl (C=O) groups excluding carboxylic acids is 1. The fourth-order valence-corrected chi connectivity index (χ4v) is 2.45. The Labute approximate surface area is 112 Å². The Morgan fingerprint density at radius 1 is 1.44 bits per heavy atom. The van der Waals surface area contributed by atoms with Gasteiger partial charge in [0.15, 0.2) is 0 Å². The Morgan fingerprint density at radius 2 is 2.11 bits per heavy atom. The van der Waals surface area contributed by atoms with Gasteiger partial charge in [0.25, 0.3) is 0 Å². The zero-order valence-corrected chi connectivity index (χ0v) is 11.5. The third-order valence-corrected chi connectivity index (χ3v) is 3.82. The highest BCUT2D eigenvalue weighted by atomic mass is 35.5. The first-order chi connectivity index (χ1) is 8.54. The second-order valence-electron chi connectivity index (χ2n) is 4.97. The number of hydrogen-bond donors (Lipinski definition) is 0. The summed E-state index contributed by atoms with van der Waals surface area (Å²) in [7, 11) is 1.59. The number of ether oxygens (including phenoxy) is 1. The Bertz CT molecular complexity index is 515. The van der Waals surface area contributed by atoms with Crippen molar-refractivity contribution in [2.75, 3.05) is 7.11 Å². The van der Waals surface area contributed by atoms with E-state index >= 15 is 0 Å². The number of methoxy groups -OCH3 is 1. The highest BCUT2D eigenvalue weighted by Crippen LogP contribution is 2.53. The molecule has 1 aliphatic carbocycles. The quantitative estimate of drug-likeness (QED) is 0.614. The van der Waals surface area contributed by atoms with Gasteiger partial charge in [0.1, 0.15) is 5.75 Å². The summed E-state index contributed by atoms with van der Waals surface area (Å²) < 4.78 is 5.31. The maximum Gasteiger partial charge on any atom is 0.235 e. The van der Waals surface area contributed by atoms with Crippen LogP contribution in [0.2, 0.25) is 5.02 Å². The molecule has 4 heteroatoms. The van der Waals surface area contributed by atoms with Gasteiger partial charge in [-0.1, -0.05) is 31.5 Å². The lowest BCUT2D eigenvalue weighted by atomic mass is 9.96. The molecule has 96 valence electrons. The van der Waals surface area contributed by atoms with Crippen molar-refractivity contribution in [3.05, 3.63) is 28.3 Å². The molecular weight excluding hydrogens is 250 g/mol. The average molecular weight is 266 g/mol. The smallest absolute Gasteiger partial charge is 0.235 e. The minimum Gasteiger partial charge on any atom is -0.495 e. The molecule has 0 N–H and O–H groups in total. The van der Waals surface area contributed by atoms with Crippen molar-refractivity contribution in [2.24, 2.45) is 4.99 Å². The molecule has 1 fully saturated rings. The van der Waals surface area contributed by atoms with E-state index in [1.807, 2.05) is 12.1 Å². The number of aliphatic imine (C=N–C) groups is 1. The fourth-order valence-electron chi connectivity index (χ4n) is 2.09. The van der Waals surface area contributed by atoms with Crippen LogP contribution in [0, 0.1) is 0 Å². The van der Waals surface area contributed by atoms with E-state index in [1.165, 1.54) is 0 Å². The summed E-state index contributed by atoms with van der Waals surface area (Å²) in [5, 5.41) is 0.554. The van der Waals surface area contributed by atoms with Crippen LogP contribution >= 0.6 is 11.6 Å². The molecule has 3 nitrogen and oxygen atoms in total. The van der Waals surface area contributed by atoms with Crippen molar-refractivity contribution in [2.45, 2.75) is 38.1 Å². The van der Waals surface area contributed by atoms with Crippen molar-refractivity contribution < 1.29 is 9.53 Å². The van der Waals surface area contributed by atoms with Crippen LogP contribution in [0.5, 0.6) is 5.75 Å². The number of hydrogen-bond acceptors (Lipinski definition) is 3. The van der Waals surface area contributed by atoms with Gasteiger partial charge < -0.3 is 4.74 Å². The van der Waals surface area contributed by atoms with Crippen LogP contribution in [-0.2, 0) is 10.3 Å². The van der Waals surface area contributed by atoms with Gasteiger partial charge in [0.05, 0.1) is 17.7 Å². The molecule has 0 amide bonds. The number of benzene rings is 1. The Kier molecular flexibility index (Phi) is 3.47. The van der Waals surface area contributed by atoms with Gasteiger partial charge in [-0.3, -0.25) is 0 Å².